The van der Waals surface area contributed by atoms with Gasteiger partial charge >= 0.3 is 0 Å². The molecule has 0 saturated carbocycles. The van der Waals surface area contributed by atoms with Gasteiger partial charge in [-0.25, -0.2) is 0 Å². The van der Waals surface area contributed by atoms with Crippen molar-refractivity contribution < 1.29 is 19.1 Å². The van der Waals surface area contributed by atoms with Crippen LogP contribution in [-0.4, -0.2) is 54.0 Å². The zero-order chi connectivity index (χ0) is 19.0. The molecule has 3 saturated heterocycles. The van der Waals surface area contributed by atoms with E-state index >= 15 is 0 Å². The summed E-state index contributed by atoms with van der Waals surface area (Å²) in [6, 6.07) is 6.90. The van der Waals surface area contributed by atoms with Gasteiger partial charge in [-0.2, -0.15) is 0 Å². The van der Waals surface area contributed by atoms with Crippen LogP contribution in [0.2, 0.25) is 0 Å². The monoisotopic (exact) mass is 407 g/mol. The lowest BCUT2D eigenvalue weighted by Gasteiger charge is -2.45. The average Bonchev–Trinajstić information content (AvgIpc) is 3.00. The summed E-state index contributed by atoms with van der Waals surface area (Å²) >= 11 is 0. The van der Waals surface area contributed by atoms with Crippen LogP contribution in [0.5, 0.6) is 0 Å². The van der Waals surface area contributed by atoms with E-state index in [1.807, 2.05) is 4.90 Å². The number of anilines is 1. The molecule has 3 heterocycles. The van der Waals surface area contributed by atoms with Crippen molar-refractivity contribution in [3.63, 3.8) is 0 Å². The number of carbonyl (C=O) groups excluding carboxylic acids is 3. The fraction of sp³-hybridized carbons (Fsp3) is 0.550. The van der Waals surface area contributed by atoms with E-state index in [1.165, 1.54) is 4.90 Å². The van der Waals surface area contributed by atoms with E-state index in [9.17, 15) is 14.4 Å². The second-order valence-electron chi connectivity index (χ2n) is 7.75. The summed E-state index contributed by atoms with van der Waals surface area (Å²) in [5.41, 5.74) is 7.02. The van der Waals surface area contributed by atoms with Crippen molar-refractivity contribution in [1.82, 2.24) is 4.90 Å². The molecule has 8 heteroatoms. The van der Waals surface area contributed by atoms with E-state index < -0.39 is 0 Å². The largest absolute Gasteiger partial charge is 0.375 e. The van der Waals surface area contributed by atoms with Crippen LogP contribution in [0.25, 0.3) is 0 Å². The number of rotatable bonds is 2. The topological polar surface area (TPSA) is 92.9 Å². The molecule has 1 spiro atoms. The number of imide groups is 1. The van der Waals surface area contributed by atoms with Crippen LogP contribution in [-0.2, 0) is 14.3 Å². The van der Waals surface area contributed by atoms with Gasteiger partial charge in [0.15, 0.2) is 0 Å². The van der Waals surface area contributed by atoms with Gasteiger partial charge in [0.1, 0.15) is 0 Å². The molecule has 0 radical (unpaired) electrons. The Morgan fingerprint density at radius 3 is 2.25 bits per heavy atom. The highest BCUT2D eigenvalue weighted by molar-refractivity contribution is 6.19. The van der Waals surface area contributed by atoms with Crippen LogP contribution in [0.3, 0.4) is 0 Å². The van der Waals surface area contributed by atoms with Crippen LogP contribution in [0.4, 0.5) is 5.69 Å². The van der Waals surface area contributed by atoms with Crippen molar-refractivity contribution in [3.05, 3.63) is 29.8 Å². The fourth-order valence-corrected chi connectivity index (χ4v) is 4.33. The second-order valence-corrected chi connectivity index (χ2v) is 7.75. The number of nitrogens with zero attached hydrogens (tertiary/aromatic N) is 2. The molecule has 3 fully saturated rings. The Balaban J connectivity index is 0.00000225. The van der Waals surface area contributed by atoms with E-state index in [4.69, 9.17) is 10.5 Å². The quantitative estimate of drug-likeness (QED) is 0.755. The second kappa shape index (κ2) is 8.19. The lowest BCUT2D eigenvalue weighted by Crippen LogP contribution is -2.53. The first-order valence-electron chi connectivity index (χ1n) is 9.62. The van der Waals surface area contributed by atoms with E-state index in [0.29, 0.717) is 30.9 Å². The van der Waals surface area contributed by atoms with Crippen molar-refractivity contribution in [2.75, 3.05) is 24.6 Å². The van der Waals surface area contributed by atoms with E-state index in [2.05, 4.69) is 0 Å². The standard InChI is InChI=1S/C20H25N3O4.ClH/c21-15-7-12-27-20(13-15)8-10-22(11-9-20)19(26)14-1-3-16(4-2-14)23-17(24)5-6-18(23)25;/h1-4,15H,5-13,21H2;1H. The molecule has 3 aliphatic rings. The molecule has 2 N–H and O–H groups in total. The number of hydrogen-bond donors (Lipinski definition) is 1. The van der Waals surface area contributed by atoms with Gasteiger partial charge in [-0.3, -0.25) is 19.3 Å². The maximum absolute atomic E-state index is 12.8. The Hall–Kier alpha value is -1.96. The molecule has 1 unspecified atom stereocenters. The number of carbonyl (C=O) groups is 3. The summed E-state index contributed by atoms with van der Waals surface area (Å²) < 4.78 is 6.02. The number of nitrogens with two attached hydrogens (primary N) is 1. The van der Waals surface area contributed by atoms with Gasteiger partial charge in [0.2, 0.25) is 11.8 Å². The lowest BCUT2D eigenvalue weighted by atomic mass is 9.82. The fourth-order valence-electron chi connectivity index (χ4n) is 4.33. The first kappa shape index (κ1) is 20.8. The van der Waals surface area contributed by atoms with Crippen molar-refractivity contribution in [2.24, 2.45) is 5.73 Å². The molecular weight excluding hydrogens is 382 g/mol. The van der Waals surface area contributed by atoms with Gasteiger partial charge in [0, 0.05) is 44.1 Å². The molecule has 3 amide bonds. The zero-order valence-corrected chi connectivity index (χ0v) is 16.6. The first-order chi connectivity index (χ1) is 13.0. The van der Waals surface area contributed by atoms with Gasteiger partial charge in [0.05, 0.1) is 11.3 Å². The number of ether oxygens (including phenoxy) is 1. The third-order valence-electron chi connectivity index (χ3n) is 5.92. The molecule has 1 atom stereocenters. The minimum Gasteiger partial charge on any atom is -0.375 e. The highest BCUT2D eigenvalue weighted by Gasteiger charge is 2.40. The third-order valence-corrected chi connectivity index (χ3v) is 5.92. The Labute approximate surface area is 170 Å². The Bertz CT molecular complexity index is 743. The average molecular weight is 408 g/mol. The minimum absolute atomic E-state index is 0. The minimum atomic E-state index is -0.189. The van der Waals surface area contributed by atoms with Crippen molar-refractivity contribution in [2.45, 2.75) is 50.2 Å². The molecule has 0 bridgehead atoms. The highest BCUT2D eigenvalue weighted by Crippen LogP contribution is 2.35. The van der Waals surface area contributed by atoms with E-state index in [1.54, 1.807) is 24.3 Å². The van der Waals surface area contributed by atoms with Crippen LogP contribution in [0.1, 0.15) is 48.9 Å². The maximum Gasteiger partial charge on any atom is 0.253 e. The smallest absolute Gasteiger partial charge is 0.253 e. The summed E-state index contributed by atoms with van der Waals surface area (Å²) in [6.45, 7) is 2.00. The molecule has 0 aliphatic carbocycles. The number of likely N-dealkylation sites (tertiary alicyclic amines) is 1. The van der Waals surface area contributed by atoms with Gasteiger partial charge in [-0.15, -0.1) is 12.4 Å². The Morgan fingerprint density at radius 1 is 1.07 bits per heavy atom. The molecule has 1 aromatic rings. The molecule has 4 rings (SSSR count). The third kappa shape index (κ3) is 3.92. The summed E-state index contributed by atoms with van der Waals surface area (Å²) in [7, 11) is 0. The Kier molecular flexibility index (Phi) is 6.07. The van der Waals surface area contributed by atoms with Crippen LogP contribution in [0, 0.1) is 0 Å². The molecule has 7 nitrogen and oxygen atoms in total. The van der Waals surface area contributed by atoms with Crippen LogP contribution in [0.15, 0.2) is 24.3 Å². The molecule has 3 aliphatic heterocycles. The van der Waals surface area contributed by atoms with E-state index in [-0.39, 0.29) is 54.6 Å². The molecule has 1 aromatic carbocycles. The van der Waals surface area contributed by atoms with Gasteiger partial charge in [-0.05, 0) is 49.9 Å². The summed E-state index contributed by atoms with van der Waals surface area (Å²) in [6.07, 6.45) is 3.88. The number of halogens is 1. The predicted molar refractivity (Wildman–Crippen MR) is 106 cm³/mol. The van der Waals surface area contributed by atoms with Gasteiger partial charge in [-0.1, -0.05) is 0 Å². The number of hydrogen-bond acceptors (Lipinski definition) is 5. The van der Waals surface area contributed by atoms with Crippen LogP contribution < -0.4 is 10.6 Å². The van der Waals surface area contributed by atoms with Crippen molar-refractivity contribution in [3.8, 4) is 0 Å². The zero-order valence-electron chi connectivity index (χ0n) is 15.8. The molecular formula is C20H26ClN3O4. The van der Waals surface area contributed by atoms with Gasteiger partial charge in [0.25, 0.3) is 5.91 Å². The molecule has 28 heavy (non-hydrogen) atoms. The van der Waals surface area contributed by atoms with Gasteiger partial charge < -0.3 is 15.4 Å². The predicted octanol–water partition coefficient (Wildman–Crippen LogP) is 1.87. The first-order valence-corrected chi connectivity index (χ1v) is 9.62. The maximum atomic E-state index is 12.8. The number of amides is 3. The van der Waals surface area contributed by atoms with Crippen LogP contribution >= 0.6 is 12.4 Å². The SMILES string of the molecule is Cl.NC1CCOC2(CCN(C(=O)c3ccc(N4C(=O)CCC4=O)cc3)CC2)C1. The summed E-state index contributed by atoms with van der Waals surface area (Å²) in [5, 5.41) is 0. The highest BCUT2D eigenvalue weighted by atomic mass is 35.5. The molecule has 152 valence electrons. The number of benzene rings is 1. The van der Waals surface area contributed by atoms with Crippen molar-refractivity contribution >= 4 is 35.8 Å². The lowest BCUT2D eigenvalue weighted by molar-refractivity contribution is -0.121. The Morgan fingerprint density at radius 2 is 1.68 bits per heavy atom. The van der Waals surface area contributed by atoms with Crippen molar-refractivity contribution in [1.29, 1.82) is 0 Å². The summed E-state index contributed by atoms with van der Waals surface area (Å²) in [4.78, 5) is 39.5. The number of piperidine rings is 1. The molecule has 0 aromatic heterocycles. The summed E-state index contributed by atoms with van der Waals surface area (Å²) in [5.74, 6) is -0.409. The normalized spacial score (nSPS) is 24.4. The van der Waals surface area contributed by atoms with E-state index in [0.717, 1.165) is 25.7 Å².